The molecule has 1 saturated carbocycles. The first kappa shape index (κ1) is 13.8. The number of nitrogens with one attached hydrogen (secondary N) is 2. The molecule has 0 saturated heterocycles. The smallest absolute Gasteiger partial charge is 0.221 e. The fourth-order valence-corrected chi connectivity index (χ4v) is 2.16. The SMILES string of the molecule is CSC(CO)C(C)NC(=O)CCNC1CC1. The summed E-state index contributed by atoms with van der Waals surface area (Å²) in [6.45, 7) is 2.79. The lowest BCUT2D eigenvalue weighted by molar-refractivity contribution is -0.121. The summed E-state index contributed by atoms with van der Waals surface area (Å²) in [4.78, 5) is 11.5. The molecule has 2 unspecified atom stereocenters. The van der Waals surface area contributed by atoms with Gasteiger partial charge in [0.25, 0.3) is 0 Å². The van der Waals surface area contributed by atoms with E-state index in [0.29, 0.717) is 12.5 Å². The molecule has 0 spiro atoms. The Morgan fingerprint density at radius 3 is 2.75 bits per heavy atom. The van der Waals surface area contributed by atoms with Gasteiger partial charge in [0, 0.05) is 30.3 Å². The van der Waals surface area contributed by atoms with E-state index in [0.717, 1.165) is 6.54 Å². The largest absolute Gasteiger partial charge is 0.395 e. The van der Waals surface area contributed by atoms with Crippen molar-refractivity contribution in [3.05, 3.63) is 0 Å². The number of aliphatic hydroxyl groups is 1. The number of rotatable bonds is 8. The summed E-state index contributed by atoms with van der Waals surface area (Å²) < 4.78 is 0. The molecule has 2 atom stereocenters. The third kappa shape index (κ3) is 5.18. The van der Waals surface area contributed by atoms with Gasteiger partial charge in [-0.15, -0.1) is 0 Å². The average Bonchev–Trinajstić information content (AvgIpc) is 3.03. The van der Waals surface area contributed by atoms with Crippen LogP contribution in [0.3, 0.4) is 0 Å². The molecule has 1 rings (SSSR count). The van der Waals surface area contributed by atoms with Crippen LogP contribution < -0.4 is 10.6 Å². The maximum atomic E-state index is 11.5. The van der Waals surface area contributed by atoms with Gasteiger partial charge in [0.05, 0.1) is 6.61 Å². The van der Waals surface area contributed by atoms with Crippen molar-refractivity contribution < 1.29 is 9.90 Å². The fraction of sp³-hybridized carbons (Fsp3) is 0.909. The molecule has 94 valence electrons. The van der Waals surface area contributed by atoms with E-state index in [2.05, 4.69) is 10.6 Å². The van der Waals surface area contributed by atoms with Crippen LogP contribution in [0, 0.1) is 0 Å². The highest BCUT2D eigenvalue weighted by Crippen LogP contribution is 2.18. The summed E-state index contributed by atoms with van der Waals surface area (Å²) in [7, 11) is 0. The third-order valence-corrected chi connectivity index (χ3v) is 3.95. The van der Waals surface area contributed by atoms with Gasteiger partial charge in [-0.1, -0.05) is 0 Å². The number of hydrogen-bond acceptors (Lipinski definition) is 4. The third-order valence-electron chi connectivity index (χ3n) is 2.79. The summed E-state index contributed by atoms with van der Waals surface area (Å²) in [5.74, 6) is 0.0631. The molecule has 1 amide bonds. The standard InChI is InChI=1S/C11H22N2O2S/c1-8(10(7-14)16-2)13-11(15)5-6-12-9-3-4-9/h8-10,12,14H,3-7H2,1-2H3,(H,13,15). The van der Waals surface area contributed by atoms with E-state index in [1.54, 1.807) is 11.8 Å². The van der Waals surface area contributed by atoms with Gasteiger partial charge in [-0.3, -0.25) is 4.79 Å². The monoisotopic (exact) mass is 246 g/mol. The molecular weight excluding hydrogens is 224 g/mol. The van der Waals surface area contributed by atoms with Crippen LogP contribution in [-0.4, -0.2) is 47.8 Å². The van der Waals surface area contributed by atoms with E-state index in [1.165, 1.54) is 12.8 Å². The van der Waals surface area contributed by atoms with Crippen molar-refractivity contribution in [2.45, 2.75) is 43.5 Å². The summed E-state index contributed by atoms with van der Waals surface area (Å²) in [5.41, 5.74) is 0. The Balaban J connectivity index is 2.10. The second kappa shape index (κ2) is 7.14. The van der Waals surface area contributed by atoms with Crippen LogP contribution in [-0.2, 0) is 4.79 Å². The van der Waals surface area contributed by atoms with Crippen molar-refractivity contribution >= 4 is 17.7 Å². The first-order chi connectivity index (χ1) is 7.67. The predicted octanol–water partition coefficient (Wildman–Crippen LogP) is 0.357. The zero-order valence-electron chi connectivity index (χ0n) is 10.0. The Bertz CT molecular complexity index is 218. The molecule has 1 aliphatic carbocycles. The molecule has 0 bridgehead atoms. The quantitative estimate of drug-likeness (QED) is 0.578. The molecule has 0 aromatic rings. The molecular formula is C11H22N2O2S. The minimum absolute atomic E-state index is 0.0217. The lowest BCUT2D eigenvalue weighted by atomic mass is 10.2. The highest BCUT2D eigenvalue weighted by atomic mass is 32.2. The van der Waals surface area contributed by atoms with Crippen molar-refractivity contribution in [2.75, 3.05) is 19.4 Å². The summed E-state index contributed by atoms with van der Waals surface area (Å²) in [6.07, 6.45) is 4.96. The molecule has 0 aromatic carbocycles. The van der Waals surface area contributed by atoms with E-state index in [9.17, 15) is 4.79 Å². The molecule has 0 radical (unpaired) electrons. The number of aliphatic hydroxyl groups excluding tert-OH is 1. The van der Waals surface area contributed by atoms with Gasteiger partial charge in [0.1, 0.15) is 0 Å². The molecule has 5 heteroatoms. The van der Waals surface area contributed by atoms with Gasteiger partial charge < -0.3 is 15.7 Å². The van der Waals surface area contributed by atoms with E-state index in [-0.39, 0.29) is 23.8 Å². The first-order valence-electron chi connectivity index (χ1n) is 5.83. The first-order valence-corrected chi connectivity index (χ1v) is 7.12. The van der Waals surface area contributed by atoms with Crippen LogP contribution in [0.1, 0.15) is 26.2 Å². The van der Waals surface area contributed by atoms with Crippen LogP contribution in [0.5, 0.6) is 0 Å². The van der Waals surface area contributed by atoms with Crippen molar-refractivity contribution in [2.24, 2.45) is 0 Å². The number of carbonyl (C=O) groups excluding carboxylic acids is 1. The highest BCUT2D eigenvalue weighted by molar-refractivity contribution is 7.99. The summed E-state index contributed by atoms with van der Waals surface area (Å²) in [6, 6.07) is 0.676. The topological polar surface area (TPSA) is 61.4 Å². The van der Waals surface area contributed by atoms with Crippen LogP contribution >= 0.6 is 11.8 Å². The lowest BCUT2D eigenvalue weighted by Gasteiger charge is -2.21. The Hall–Kier alpha value is -0.260. The Labute approximate surface area is 102 Å². The molecule has 0 heterocycles. The predicted molar refractivity (Wildman–Crippen MR) is 67.6 cm³/mol. The van der Waals surface area contributed by atoms with Crippen LogP contribution in [0.2, 0.25) is 0 Å². The number of hydrogen-bond donors (Lipinski definition) is 3. The van der Waals surface area contributed by atoms with Gasteiger partial charge in [0.2, 0.25) is 5.91 Å². The number of amides is 1. The lowest BCUT2D eigenvalue weighted by Crippen LogP contribution is -2.42. The Kier molecular flexibility index (Phi) is 6.16. The second-order valence-corrected chi connectivity index (χ2v) is 5.37. The summed E-state index contributed by atoms with van der Waals surface area (Å²) >= 11 is 1.58. The van der Waals surface area contributed by atoms with E-state index in [1.807, 2.05) is 13.2 Å². The fourth-order valence-electron chi connectivity index (χ4n) is 1.53. The minimum Gasteiger partial charge on any atom is -0.395 e. The van der Waals surface area contributed by atoms with Crippen molar-refractivity contribution in [3.63, 3.8) is 0 Å². The van der Waals surface area contributed by atoms with Gasteiger partial charge in [-0.05, 0) is 26.0 Å². The van der Waals surface area contributed by atoms with E-state index in [4.69, 9.17) is 5.11 Å². The maximum Gasteiger partial charge on any atom is 0.221 e. The molecule has 1 fully saturated rings. The molecule has 4 nitrogen and oxygen atoms in total. The number of carbonyl (C=O) groups is 1. The van der Waals surface area contributed by atoms with Gasteiger partial charge in [0.15, 0.2) is 0 Å². The highest BCUT2D eigenvalue weighted by Gasteiger charge is 2.21. The Morgan fingerprint density at radius 2 is 2.25 bits per heavy atom. The van der Waals surface area contributed by atoms with Gasteiger partial charge in [-0.25, -0.2) is 0 Å². The minimum atomic E-state index is 0.0217. The second-order valence-electron chi connectivity index (χ2n) is 4.29. The van der Waals surface area contributed by atoms with Crippen molar-refractivity contribution in [1.29, 1.82) is 0 Å². The Morgan fingerprint density at radius 1 is 1.56 bits per heavy atom. The van der Waals surface area contributed by atoms with Crippen LogP contribution in [0.25, 0.3) is 0 Å². The molecule has 16 heavy (non-hydrogen) atoms. The average molecular weight is 246 g/mol. The zero-order chi connectivity index (χ0) is 12.0. The maximum absolute atomic E-state index is 11.5. The molecule has 0 aromatic heterocycles. The van der Waals surface area contributed by atoms with Gasteiger partial charge >= 0.3 is 0 Å². The van der Waals surface area contributed by atoms with Crippen molar-refractivity contribution in [3.8, 4) is 0 Å². The van der Waals surface area contributed by atoms with Crippen molar-refractivity contribution in [1.82, 2.24) is 10.6 Å². The molecule has 3 N–H and O–H groups in total. The van der Waals surface area contributed by atoms with Crippen LogP contribution in [0.4, 0.5) is 0 Å². The van der Waals surface area contributed by atoms with Crippen LogP contribution in [0.15, 0.2) is 0 Å². The summed E-state index contributed by atoms with van der Waals surface area (Å²) in [5, 5.41) is 15.4. The van der Waals surface area contributed by atoms with E-state index < -0.39 is 0 Å². The number of thioether (sulfide) groups is 1. The molecule has 1 aliphatic rings. The van der Waals surface area contributed by atoms with Gasteiger partial charge in [-0.2, -0.15) is 11.8 Å². The molecule has 0 aliphatic heterocycles. The normalized spacial score (nSPS) is 19.2. The zero-order valence-corrected chi connectivity index (χ0v) is 10.8. The van der Waals surface area contributed by atoms with E-state index >= 15 is 0 Å².